The first-order valence-electron chi connectivity index (χ1n) is 9.38. The monoisotopic (exact) mass is 478 g/mol. The minimum absolute atomic E-state index is 0.0746. The van der Waals surface area contributed by atoms with Crippen molar-refractivity contribution in [3.63, 3.8) is 0 Å². The molecule has 0 spiro atoms. The van der Waals surface area contributed by atoms with E-state index in [9.17, 15) is 10.1 Å². The maximum atomic E-state index is 11.9. The maximum absolute atomic E-state index is 11.9. The molecule has 1 fully saturated rings. The summed E-state index contributed by atoms with van der Waals surface area (Å²) in [6, 6.07) is 12.4. The summed E-state index contributed by atoms with van der Waals surface area (Å²) in [6.07, 6.45) is 1.31. The number of aromatic nitrogens is 2. The fraction of sp³-hybridized carbons (Fsp3) is 0.200. The van der Waals surface area contributed by atoms with Crippen molar-refractivity contribution < 1.29 is 4.92 Å². The number of piperazine rings is 1. The molecular formula is C20H17Cl3N6O2. The Labute approximate surface area is 193 Å². The zero-order valence-corrected chi connectivity index (χ0v) is 18.4. The quantitative estimate of drug-likeness (QED) is 0.386. The first-order valence-corrected chi connectivity index (χ1v) is 10.5. The standard InChI is InChI=1S/C20H17Cl3N6O2/c21-13-2-1-3-17(11-13)27-4-6-28(7-5-27)20-18(29(30)31)19(24-12-25-20)26-16-9-14(22)8-15(23)10-16/h1-3,8-12H,4-7H2,(H,24,25,26). The lowest BCUT2D eigenvalue weighted by molar-refractivity contribution is -0.383. The average molecular weight is 480 g/mol. The smallest absolute Gasteiger partial charge is 0.353 e. The number of hydrogen-bond acceptors (Lipinski definition) is 7. The molecule has 0 atom stereocenters. The van der Waals surface area contributed by atoms with Crippen molar-refractivity contribution in [2.24, 2.45) is 0 Å². The molecule has 4 rings (SSSR count). The Balaban J connectivity index is 1.57. The molecule has 1 aromatic heterocycles. The SMILES string of the molecule is O=[N+]([O-])c1c(Nc2cc(Cl)cc(Cl)c2)ncnc1N1CCN(c2cccc(Cl)c2)CC1. The second kappa shape index (κ2) is 9.13. The summed E-state index contributed by atoms with van der Waals surface area (Å²) < 4.78 is 0. The molecule has 2 heterocycles. The third-order valence-electron chi connectivity index (χ3n) is 4.86. The van der Waals surface area contributed by atoms with Crippen molar-refractivity contribution in [3.05, 3.63) is 74.0 Å². The van der Waals surface area contributed by atoms with Crippen molar-refractivity contribution >= 4 is 63.5 Å². The highest BCUT2D eigenvalue weighted by atomic mass is 35.5. The molecule has 0 unspecified atom stereocenters. The second-order valence-electron chi connectivity index (χ2n) is 6.89. The van der Waals surface area contributed by atoms with Gasteiger partial charge in [-0.1, -0.05) is 40.9 Å². The zero-order chi connectivity index (χ0) is 22.0. The first-order chi connectivity index (χ1) is 14.9. The third kappa shape index (κ3) is 4.92. The topological polar surface area (TPSA) is 87.4 Å². The molecule has 8 nitrogen and oxygen atoms in total. The molecule has 160 valence electrons. The van der Waals surface area contributed by atoms with Gasteiger partial charge < -0.3 is 15.1 Å². The molecule has 0 radical (unpaired) electrons. The van der Waals surface area contributed by atoms with Crippen molar-refractivity contribution in [2.45, 2.75) is 0 Å². The van der Waals surface area contributed by atoms with Gasteiger partial charge in [-0.2, -0.15) is 0 Å². The summed E-state index contributed by atoms with van der Waals surface area (Å²) in [5.74, 6) is 0.340. The summed E-state index contributed by atoms with van der Waals surface area (Å²) in [4.78, 5) is 23.8. The number of nitrogens with zero attached hydrogens (tertiary/aromatic N) is 5. The predicted molar refractivity (Wildman–Crippen MR) is 124 cm³/mol. The molecule has 1 aliphatic rings. The number of halogens is 3. The van der Waals surface area contributed by atoms with E-state index >= 15 is 0 Å². The van der Waals surface area contributed by atoms with Gasteiger partial charge in [0.25, 0.3) is 0 Å². The Bertz CT molecular complexity index is 1100. The Hall–Kier alpha value is -2.81. The van der Waals surface area contributed by atoms with E-state index in [1.54, 1.807) is 18.2 Å². The number of anilines is 4. The fourth-order valence-corrected chi connectivity index (χ4v) is 4.18. The molecule has 0 amide bonds. The molecule has 3 aromatic rings. The highest BCUT2D eigenvalue weighted by molar-refractivity contribution is 6.35. The van der Waals surface area contributed by atoms with Crippen molar-refractivity contribution in [1.29, 1.82) is 0 Å². The molecule has 31 heavy (non-hydrogen) atoms. The van der Waals surface area contributed by atoms with Gasteiger partial charge in [-0.25, -0.2) is 9.97 Å². The van der Waals surface area contributed by atoms with E-state index in [1.807, 2.05) is 29.2 Å². The van der Waals surface area contributed by atoms with E-state index < -0.39 is 4.92 Å². The van der Waals surface area contributed by atoms with Crippen LogP contribution in [0.25, 0.3) is 0 Å². The van der Waals surface area contributed by atoms with E-state index in [1.165, 1.54) is 6.33 Å². The number of nitro groups is 1. The van der Waals surface area contributed by atoms with Crippen LogP contribution in [0.15, 0.2) is 48.8 Å². The maximum Gasteiger partial charge on any atom is 0.353 e. The highest BCUT2D eigenvalue weighted by Gasteiger charge is 2.29. The van der Waals surface area contributed by atoms with E-state index in [4.69, 9.17) is 34.8 Å². The minimum atomic E-state index is -0.479. The number of nitrogens with one attached hydrogen (secondary N) is 1. The van der Waals surface area contributed by atoms with Gasteiger partial charge >= 0.3 is 5.69 Å². The van der Waals surface area contributed by atoms with Crippen LogP contribution in [0, 0.1) is 10.1 Å². The van der Waals surface area contributed by atoms with Crippen LogP contribution in [0.3, 0.4) is 0 Å². The van der Waals surface area contributed by atoms with Crippen LogP contribution in [0.2, 0.25) is 15.1 Å². The molecule has 0 aliphatic carbocycles. The van der Waals surface area contributed by atoms with Crippen LogP contribution in [0.1, 0.15) is 0 Å². The number of hydrogen-bond donors (Lipinski definition) is 1. The van der Waals surface area contributed by atoms with Gasteiger partial charge in [0, 0.05) is 52.6 Å². The zero-order valence-electron chi connectivity index (χ0n) is 16.1. The van der Waals surface area contributed by atoms with Gasteiger partial charge in [-0.3, -0.25) is 10.1 Å². The van der Waals surface area contributed by atoms with Crippen molar-refractivity contribution in [2.75, 3.05) is 41.3 Å². The normalized spacial score (nSPS) is 13.9. The summed E-state index contributed by atoms with van der Waals surface area (Å²) in [6.45, 7) is 2.47. The van der Waals surface area contributed by atoms with Crippen LogP contribution < -0.4 is 15.1 Å². The molecule has 1 aliphatic heterocycles. The lowest BCUT2D eigenvalue weighted by Gasteiger charge is -2.36. The summed E-state index contributed by atoms with van der Waals surface area (Å²) in [5.41, 5.74) is 1.32. The van der Waals surface area contributed by atoms with E-state index in [0.717, 1.165) is 5.69 Å². The van der Waals surface area contributed by atoms with Crippen molar-refractivity contribution in [1.82, 2.24) is 9.97 Å². The van der Waals surface area contributed by atoms with Gasteiger partial charge in [0.1, 0.15) is 6.33 Å². The van der Waals surface area contributed by atoms with Crippen LogP contribution in [-0.2, 0) is 0 Å². The van der Waals surface area contributed by atoms with Crippen LogP contribution in [0.4, 0.5) is 28.7 Å². The van der Waals surface area contributed by atoms with Gasteiger partial charge in [0.2, 0.25) is 11.6 Å². The van der Waals surface area contributed by atoms with Gasteiger partial charge in [-0.15, -0.1) is 0 Å². The molecule has 1 saturated heterocycles. The summed E-state index contributed by atoms with van der Waals surface area (Å²) >= 11 is 18.2. The minimum Gasteiger partial charge on any atom is -0.368 e. The predicted octanol–water partition coefficient (Wildman–Crippen LogP) is 5.42. The molecule has 2 aromatic carbocycles. The van der Waals surface area contributed by atoms with Gasteiger partial charge in [0.05, 0.1) is 4.92 Å². The molecule has 11 heteroatoms. The Morgan fingerprint density at radius 2 is 1.58 bits per heavy atom. The highest BCUT2D eigenvalue weighted by Crippen LogP contribution is 2.35. The molecule has 0 saturated carbocycles. The third-order valence-corrected chi connectivity index (χ3v) is 5.53. The number of rotatable bonds is 5. The largest absolute Gasteiger partial charge is 0.368 e. The van der Waals surface area contributed by atoms with Gasteiger partial charge in [0.15, 0.2) is 0 Å². The molecule has 0 bridgehead atoms. The fourth-order valence-electron chi connectivity index (χ4n) is 3.47. The van der Waals surface area contributed by atoms with E-state index in [2.05, 4.69) is 20.2 Å². The van der Waals surface area contributed by atoms with Gasteiger partial charge in [-0.05, 0) is 36.4 Å². The van der Waals surface area contributed by atoms with E-state index in [0.29, 0.717) is 46.9 Å². The lowest BCUT2D eigenvalue weighted by Crippen LogP contribution is -2.47. The second-order valence-corrected chi connectivity index (χ2v) is 8.20. The van der Waals surface area contributed by atoms with Crippen LogP contribution >= 0.6 is 34.8 Å². The average Bonchev–Trinajstić information content (AvgIpc) is 2.73. The Kier molecular flexibility index (Phi) is 6.31. The first kappa shape index (κ1) is 21.4. The summed E-state index contributed by atoms with van der Waals surface area (Å²) in [5, 5.41) is 16.3. The molecule has 1 N–H and O–H groups in total. The van der Waals surface area contributed by atoms with Crippen molar-refractivity contribution in [3.8, 4) is 0 Å². The summed E-state index contributed by atoms with van der Waals surface area (Å²) in [7, 11) is 0. The number of benzene rings is 2. The van der Waals surface area contributed by atoms with Crippen LogP contribution in [-0.4, -0.2) is 41.1 Å². The Morgan fingerprint density at radius 1 is 0.903 bits per heavy atom. The van der Waals surface area contributed by atoms with E-state index in [-0.39, 0.29) is 17.3 Å². The molecular weight excluding hydrogens is 463 g/mol. The lowest BCUT2D eigenvalue weighted by atomic mass is 10.2. The Morgan fingerprint density at radius 3 is 2.23 bits per heavy atom. The van der Waals surface area contributed by atoms with Crippen LogP contribution in [0.5, 0.6) is 0 Å².